The van der Waals surface area contributed by atoms with Crippen LogP contribution >= 0.6 is 23.1 Å². The molecule has 0 radical (unpaired) electrons. The number of nitriles is 1. The van der Waals surface area contributed by atoms with E-state index in [1.807, 2.05) is 19.9 Å². The lowest BCUT2D eigenvalue weighted by Crippen LogP contribution is -2.38. The quantitative estimate of drug-likeness (QED) is 0.406. The Balaban J connectivity index is 1.95. The van der Waals surface area contributed by atoms with Gasteiger partial charge in [-0.3, -0.25) is 9.59 Å². The molecule has 0 bridgehead atoms. The van der Waals surface area contributed by atoms with Crippen molar-refractivity contribution in [3.63, 3.8) is 0 Å². The van der Waals surface area contributed by atoms with E-state index in [-0.39, 0.29) is 18.1 Å². The van der Waals surface area contributed by atoms with E-state index in [0.717, 1.165) is 20.8 Å². The molecule has 2 aromatic heterocycles. The van der Waals surface area contributed by atoms with Gasteiger partial charge in [0.05, 0.1) is 18.2 Å². The number of nitrogens with zero attached hydrogens (tertiary/aromatic N) is 4. The second kappa shape index (κ2) is 8.96. The summed E-state index contributed by atoms with van der Waals surface area (Å²) in [4.78, 5) is 36.2. The third-order valence-electron chi connectivity index (χ3n) is 3.85. The van der Waals surface area contributed by atoms with Crippen molar-refractivity contribution >= 4 is 45.2 Å². The van der Waals surface area contributed by atoms with Gasteiger partial charge in [0.15, 0.2) is 6.10 Å². The van der Waals surface area contributed by atoms with Crippen LogP contribution in [0, 0.1) is 25.2 Å². The molecular weight excluding hydrogens is 372 g/mol. The molecule has 9 heteroatoms. The van der Waals surface area contributed by atoms with Gasteiger partial charge < -0.3 is 9.64 Å². The van der Waals surface area contributed by atoms with Gasteiger partial charge in [-0.15, -0.1) is 11.3 Å². The molecule has 0 fully saturated rings. The van der Waals surface area contributed by atoms with E-state index in [9.17, 15) is 9.59 Å². The molecule has 26 heavy (non-hydrogen) atoms. The first-order valence-corrected chi connectivity index (χ1v) is 9.80. The molecule has 1 atom stereocenters. The van der Waals surface area contributed by atoms with E-state index in [0.29, 0.717) is 6.54 Å². The Kier molecular flexibility index (Phi) is 6.94. The molecule has 7 nitrogen and oxygen atoms in total. The summed E-state index contributed by atoms with van der Waals surface area (Å²) in [5.41, 5.74) is 1.11. The van der Waals surface area contributed by atoms with E-state index in [2.05, 4.69) is 9.97 Å². The van der Waals surface area contributed by atoms with Crippen LogP contribution in [0.1, 0.15) is 23.8 Å². The first kappa shape index (κ1) is 20.1. The maximum Gasteiger partial charge on any atom is 0.317 e. The summed E-state index contributed by atoms with van der Waals surface area (Å²) in [6.07, 6.45) is 0.839. The Labute approximate surface area is 160 Å². The molecule has 0 unspecified atom stereocenters. The van der Waals surface area contributed by atoms with Gasteiger partial charge in [0.2, 0.25) is 0 Å². The number of hydrogen-bond acceptors (Lipinski definition) is 8. The van der Waals surface area contributed by atoms with Crippen LogP contribution < -0.4 is 0 Å². The molecule has 0 aromatic carbocycles. The topological polar surface area (TPSA) is 96.2 Å². The number of aryl methyl sites for hydroxylation is 2. The summed E-state index contributed by atoms with van der Waals surface area (Å²) in [6.45, 7) is 5.88. The number of amides is 1. The van der Waals surface area contributed by atoms with Crippen molar-refractivity contribution in [2.24, 2.45) is 0 Å². The fourth-order valence-corrected chi connectivity index (χ4v) is 4.21. The van der Waals surface area contributed by atoms with Crippen molar-refractivity contribution in [2.75, 3.05) is 19.3 Å². The number of carbonyl (C=O) groups is 2. The lowest BCUT2D eigenvalue weighted by Gasteiger charge is -2.20. The van der Waals surface area contributed by atoms with Crippen LogP contribution in [-0.2, 0) is 14.3 Å². The number of fused-ring (bicyclic) bond motifs is 1. The normalized spacial score (nSPS) is 11.8. The van der Waals surface area contributed by atoms with Crippen LogP contribution in [0.15, 0.2) is 11.4 Å². The van der Waals surface area contributed by atoms with E-state index >= 15 is 0 Å². The van der Waals surface area contributed by atoms with E-state index in [4.69, 9.17) is 10.00 Å². The highest BCUT2D eigenvalue weighted by atomic mass is 32.2. The third-order valence-corrected chi connectivity index (χ3v) is 5.93. The molecule has 1 amide bonds. The van der Waals surface area contributed by atoms with Crippen LogP contribution in [0.2, 0.25) is 0 Å². The number of esters is 1. The van der Waals surface area contributed by atoms with Gasteiger partial charge in [-0.2, -0.15) is 5.26 Å². The van der Waals surface area contributed by atoms with Crippen molar-refractivity contribution < 1.29 is 14.3 Å². The molecule has 0 saturated heterocycles. The average molecular weight is 393 g/mol. The Bertz CT molecular complexity index is 860. The van der Waals surface area contributed by atoms with Crippen molar-refractivity contribution in [3.05, 3.63) is 16.8 Å². The lowest BCUT2D eigenvalue weighted by molar-refractivity contribution is -0.156. The second-order valence-electron chi connectivity index (χ2n) is 5.73. The molecule has 0 aliphatic heterocycles. The molecule has 0 N–H and O–H groups in total. The number of ether oxygens (including phenoxy) is 1. The second-order valence-corrected chi connectivity index (χ2v) is 7.90. The smallest absolute Gasteiger partial charge is 0.317 e. The van der Waals surface area contributed by atoms with Gasteiger partial charge >= 0.3 is 5.97 Å². The van der Waals surface area contributed by atoms with Crippen LogP contribution in [0.3, 0.4) is 0 Å². The number of likely N-dealkylation sites (N-methyl/N-ethyl adjacent to an activating group) is 1. The standard InChI is InChI=1S/C17H20N4O3S2/c1-10-12(3)26-16-14(10)15(19-9-20-16)25-8-13(22)24-11(2)17(23)21(4)7-5-6-18/h9,11H,5,7-8H2,1-4H3/t11-/m0/s1. The van der Waals surface area contributed by atoms with Gasteiger partial charge in [0, 0.05) is 23.9 Å². The van der Waals surface area contributed by atoms with Crippen LogP contribution in [0.25, 0.3) is 10.2 Å². The maximum absolute atomic E-state index is 12.1. The molecule has 2 aromatic rings. The minimum absolute atomic E-state index is 0.0555. The number of aromatic nitrogens is 2. The van der Waals surface area contributed by atoms with Crippen molar-refractivity contribution in [1.29, 1.82) is 5.26 Å². The summed E-state index contributed by atoms with van der Waals surface area (Å²) in [5.74, 6) is -0.756. The van der Waals surface area contributed by atoms with Crippen LogP contribution in [0.5, 0.6) is 0 Å². The number of hydrogen-bond donors (Lipinski definition) is 0. The molecule has 0 saturated carbocycles. The minimum Gasteiger partial charge on any atom is -0.452 e. The summed E-state index contributed by atoms with van der Waals surface area (Å²) < 4.78 is 5.21. The predicted molar refractivity (Wildman–Crippen MR) is 101 cm³/mol. The SMILES string of the molecule is Cc1sc2ncnc(SCC(=O)O[C@@H](C)C(=O)N(C)CCC#N)c2c1C. The van der Waals surface area contributed by atoms with Crippen molar-refractivity contribution in [1.82, 2.24) is 14.9 Å². The Morgan fingerprint density at radius 1 is 1.42 bits per heavy atom. The number of rotatable bonds is 7. The molecule has 138 valence electrons. The number of carbonyl (C=O) groups excluding carboxylic acids is 2. The van der Waals surface area contributed by atoms with Gasteiger partial charge in [-0.05, 0) is 26.3 Å². The monoisotopic (exact) mass is 392 g/mol. The van der Waals surface area contributed by atoms with E-state index in [1.165, 1.54) is 34.8 Å². The van der Waals surface area contributed by atoms with E-state index in [1.54, 1.807) is 18.4 Å². The van der Waals surface area contributed by atoms with Crippen LogP contribution in [0.4, 0.5) is 0 Å². The average Bonchev–Trinajstić information content (AvgIpc) is 2.91. The Morgan fingerprint density at radius 2 is 2.15 bits per heavy atom. The van der Waals surface area contributed by atoms with Gasteiger partial charge in [0.1, 0.15) is 16.2 Å². The lowest BCUT2D eigenvalue weighted by atomic mass is 10.2. The molecule has 0 aliphatic carbocycles. The highest BCUT2D eigenvalue weighted by Crippen LogP contribution is 2.34. The molecule has 2 rings (SSSR count). The van der Waals surface area contributed by atoms with Gasteiger partial charge in [-0.25, -0.2) is 9.97 Å². The zero-order valence-electron chi connectivity index (χ0n) is 15.1. The molecule has 2 heterocycles. The highest BCUT2D eigenvalue weighted by molar-refractivity contribution is 8.00. The fraction of sp³-hybridized carbons (Fsp3) is 0.471. The third kappa shape index (κ3) is 4.71. The van der Waals surface area contributed by atoms with Crippen molar-refractivity contribution in [2.45, 2.75) is 38.3 Å². The summed E-state index contributed by atoms with van der Waals surface area (Å²) in [7, 11) is 1.58. The highest BCUT2D eigenvalue weighted by Gasteiger charge is 2.22. The zero-order chi connectivity index (χ0) is 19.3. The maximum atomic E-state index is 12.1. The first-order valence-electron chi connectivity index (χ1n) is 8.00. The van der Waals surface area contributed by atoms with E-state index < -0.39 is 12.1 Å². The van der Waals surface area contributed by atoms with Crippen molar-refractivity contribution in [3.8, 4) is 6.07 Å². The van der Waals surface area contributed by atoms with Gasteiger partial charge in [-0.1, -0.05) is 11.8 Å². The Morgan fingerprint density at radius 3 is 2.85 bits per heavy atom. The summed E-state index contributed by atoms with van der Waals surface area (Å²) >= 11 is 2.87. The van der Waals surface area contributed by atoms with Crippen LogP contribution in [-0.4, -0.2) is 52.2 Å². The molecule has 0 spiro atoms. The summed E-state index contributed by atoms with van der Waals surface area (Å²) in [6, 6.07) is 1.98. The fourth-order valence-electron chi connectivity index (χ4n) is 2.31. The summed E-state index contributed by atoms with van der Waals surface area (Å²) in [5, 5.41) is 10.3. The number of thioether (sulfide) groups is 1. The minimum atomic E-state index is -0.887. The Hall–Kier alpha value is -2.18. The zero-order valence-corrected chi connectivity index (χ0v) is 16.7. The molecule has 0 aliphatic rings. The molecular formula is C17H20N4O3S2. The predicted octanol–water partition coefficient (Wildman–Crippen LogP) is 2.70. The largest absolute Gasteiger partial charge is 0.452 e. The number of thiophene rings is 1. The van der Waals surface area contributed by atoms with Gasteiger partial charge in [0.25, 0.3) is 5.91 Å². The first-order chi connectivity index (χ1) is 12.3.